The van der Waals surface area contributed by atoms with Crippen molar-refractivity contribution >= 4 is 41.3 Å². The van der Waals surface area contributed by atoms with Crippen LogP contribution in [0.1, 0.15) is 6.92 Å². The molecule has 0 radical (unpaired) electrons. The molecule has 0 aliphatic carbocycles. The molecule has 160 valence electrons. The molecule has 0 rings (SSSR count). The van der Waals surface area contributed by atoms with Crippen LogP contribution in [0.2, 0.25) is 0 Å². The molecule has 0 aliphatic rings. The van der Waals surface area contributed by atoms with Crippen LogP contribution in [-0.2, 0) is 24.0 Å². The van der Waals surface area contributed by atoms with Crippen molar-refractivity contribution in [3.05, 3.63) is 0 Å². The quantitative estimate of drug-likeness (QED) is 0.136. The predicted octanol–water partition coefficient (Wildman–Crippen LogP) is -4.06. The number of aliphatic hydroxyl groups excluding tert-OH is 1. The smallest absolute Gasteiger partial charge is 0.245 e. The minimum Gasteiger partial charge on any atom is -0.394 e. The first-order valence-electron chi connectivity index (χ1n) is 8.33. The molecule has 12 nitrogen and oxygen atoms in total. The van der Waals surface area contributed by atoms with Gasteiger partial charge >= 0.3 is 0 Å². The predicted molar refractivity (Wildman–Crippen MR) is 103 cm³/mol. The average Bonchev–Trinajstić information content (AvgIpc) is 2.65. The molecule has 0 aromatic heterocycles. The zero-order chi connectivity index (χ0) is 21.7. The maximum Gasteiger partial charge on any atom is 0.245 e. The minimum absolute atomic E-state index is 0.0803. The van der Waals surface area contributed by atoms with Crippen molar-refractivity contribution in [1.82, 2.24) is 26.2 Å². The monoisotopic (exact) mass is 420 g/mol. The van der Waals surface area contributed by atoms with E-state index in [-0.39, 0.29) is 36.5 Å². The Labute approximate surface area is 167 Å². The molecule has 0 unspecified atom stereocenters. The Morgan fingerprint density at radius 1 is 1.04 bits per heavy atom. The van der Waals surface area contributed by atoms with Gasteiger partial charge in [-0.15, -0.1) is 11.8 Å². The summed E-state index contributed by atoms with van der Waals surface area (Å²) < 4.78 is 0. The van der Waals surface area contributed by atoms with Crippen LogP contribution in [0.5, 0.6) is 0 Å². The fraction of sp³-hybridized carbons (Fsp3) is 0.667. The van der Waals surface area contributed by atoms with E-state index in [1.807, 2.05) is 0 Å². The first-order chi connectivity index (χ1) is 13.1. The van der Waals surface area contributed by atoms with Crippen LogP contribution in [0.3, 0.4) is 0 Å². The maximum absolute atomic E-state index is 12.4. The summed E-state index contributed by atoms with van der Waals surface area (Å²) in [5.41, 5.74) is 5.16. The Morgan fingerprint density at radius 3 is 2.18 bits per heavy atom. The van der Waals surface area contributed by atoms with Crippen molar-refractivity contribution in [2.45, 2.75) is 19.0 Å². The van der Waals surface area contributed by atoms with E-state index in [9.17, 15) is 29.1 Å². The highest BCUT2D eigenvalue weighted by molar-refractivity contribution is 7.99. The molecule has 0 bridgehead atoms. The standard InChI is InChI=1S/C15H28N6O6S/c1-9(23)18-8-28-7-11(14(26)17-5-13(25)21(2)3)20-15(27)10(6-22)19-12(24)4-16/h10-11,22H,4-8,16H2,1-3H3,(H,17,26)(H,18,23)(H,19,24)(H,20,27)/t10-,11-/m0/s1. The topological polar surface area (TPSA) is 183 Å². The van der Waals surface area contributed by atoms with E-state index in [1.165, 1.54) is 37.7 Å². The number of carbonyl (C=O) groups is 5. The normalized spacial score (nSPS) is 12.3. The van der Waals surface area contributed by atoms with Crippen molar-refractivity contribution in [2.75, 3.05) is 45.4 Å². The van der Waals surface area contributed by atoms with E-state index in [4.69, 9.17) is 5.73 Å². The van der Waals surface area contributed by atoms with Crippen LogP contribution in [-0.4, -0.2) is 97.0 Å². The average molecular weight is 420 g/mol. The number of aliphatic hydroxyl groups is 1. The Balaban J connectivity index is 4.95. The fourth-order valence-corrected chi connectivity index (χ4v) is 2.57. The number of hydrogen-bond donors (Lipinski definition) is 6. The largest absolute Gasteiger partial charge is 0.394 e. The number of thioether (sulfide) groups is 1. The van der Waals surface area contributed by atoms with Gasteiger partial charge in [-0.25, -0.2) is 0 Å². The third-order valence-corrected chi connectivity index (χ3v) is 4.19. The van der Waals surface area contributed by atoms with E-state index >= 15 is 0 Å². The van der Waals surface area contributed by atoms with Crippen LogP contribution in [0, 0.1) is 0 Å². The maximum atomic E-state index is 12.4. The molecule has 0 saturated carbocycles. The summed E-state index contributed by atoms with van der Waals surface area (Å²) in [4.78, 5) is 59.8. The van der Waals surface area contributed by atoms with Gasteiger partial charge in [-0.3, -0.25) is 24.0 Å². The second-order valence-electron chi connectivity index (χ2n) is 5.82. The molecule has 0 aromatic carbocycles. The van der Waals surface area contributed by atoms with E-state index < -0.39 is 36.4 Å². The first-order valence-corrected chi connectivity index (χ1v) is 9.48. The first kappa shape index (κ1) is 25.6. The van der Waals surface area contributed by atoms with Crippen molar-refractivity contribution in [2.24, 2.45) is 5.73 Å². The number of nitrogens with zero attached hydrogens (tertiary/aromatic N) is 1. The number of rotatable bonds is 12. The van der Waals surface area contributed by atoms with Gasteiger partial charge in [0.25, 0.3) is 0 Å². The zero-order valence-corrected chi connectivity index (χ0v) is 16.9. The number of carbonyl (C=O) groups excluding carboxylic acids is 5. The lowest BCUT2D eigenvalue weighted by Crippen LogP contribution is -2.57. The number of nitrogens with two attached hydrogens (primary N) is 1. The summed E-state index contributed by atoms with van der Waals surface area (Å²) in [6, 6.07) is -2.35. The van der Waals surface area contributed by atoms with E-state index in [0.29, 0.717) is 0 Å². The summed E-state index contributed by atoms with van der Waals surface area (Å²) in [6.45, 7) is 0.0181. The molecule has 5 amide bonds. The molecule has 0 aliphatic heterocycles. The van der Waals surface area contributed by atoms with Crippen LogP contribution in [0.4, 0.5) is 0 Å². The van der Waals surface area contributed by atoms with Gasteiger partial charge < -0.3 is 37.0 Å². The van der Waals surface area contributed by atoms with Crippen LogP contribution in [0.15, 0.2) is 0 Å². The van der Waals surface area contributed by atoms with Crippen molar-refractivity contribution < 1.29 is 29.1 Å². The van der Waals surface area contributed by atoms with E-state index in [0.717, 1.165) is 0 Å². The Morgan fingerprint density at radius 2 is 1.68 bits per heavy atom. The summed E-state index contributed by atoms with van der Waals surface area (Å²) in [5.74, 6) is -2.36. The minimum atomic E-state index is -1.28. The second-order valence-corrected chi connectivity index (χ2v) is 6.85. The Kier molecular flexibility index (Phi) is 12.6. The molecule has 13 heteroatoms. The van der Waals surface area contributed by atoms with Crippen LogP contribution < -0.4 is 27.0 Å². The lowest BCUT2D eigenvalue weighted by atomic mass is 10.2. The van der Waals surface area contributed by atoms with Gasteiger partial charge in [0.15, 0.2) is 0 Å². The molecule has 28 heavy (non-hydrogen) atoms. The van der Waals surface area contributed by atoms with Gasteiger partial charge in [0, 0.05) is 26.8 Å². The molecule has 0 saturated heterocycles. The highest BCUT2D eigenvalue weighted by atomic mass is 32.2. The molecule has 2 atom stereocenters. The number of nitrogens with one attached hydrogen (secondary N) is 4. The fourth-order valence-electron chi connectivity index (χ4n) is 1.68. The Hall–Kier alpha value is -2.38. The lowest BCUT2D eigenvalue weighted by Gasteiger charge is -2.22. The highest BCUT2D eigenvalue weighted by Gasteiger charge is 2.26. The lowest BCUT2D eigenvalue weighted by molar-refractivity contribution is -0.133. The van der Waals surface area contributed by atoms with Gasteiger partial charge in [-0.05, 0) is 0 Å². The summed E-state index contributed by atoms with van der Waals surface area (Å²) in [6.07, 6.45) is 0. The number of amides is 5. The third kappa shape index (κ3) is 10.7. The van der Waals surface area contributed by atoms with Gasteiger partial charge in [-0.1, -0.05) is 0 Å². The molecule has 0 aromatic rings. The van der Waals surface area contributed by atoms with Crippen molar-refractivity contribution in [1.29, 1.82) is 0 Å². The van der Waals surface area contributed by atoms with E-state index in [1.54, 1.807) is 0 Å². The van der Waals surface area contributed by atoms with Gasteiger partial charge in [0.1, 0.15) is 12.1 Å². The number of hydrogen-bond acceptors (Lipinski definition) is 8. The molecule has 0 heterocycles. The van der Waals surface area contributed by atoms with Gasteiger partial charge in [0.2, 0.25) is 29.5 Å². The Bertz CT molecular complexity index is 573. The molecular formula is C15H28N6O6S. The van der Waals surface area contributed by atoms with E-state index in [2.05, 4.69) is 21.3 Å². The molecular weight excluding hydrogens is 392 g/mol. The van der Waals surface area contributed by atoms with Crippen LogP contribution in [0.25, 0.3) is 0 Å². The number of likely N-dealkylation sites (N-methyl/N-ethyl adjacent to an activating group) is 1. The summed E-state index contributed by atoms with van der Waals surface area (Å²) in [5, 5.41) is 18.9. The third-order valence-electron chi connectivity index (χ3n) is 3.27. The molecule has 0 fully saturated rings. The van der Waals surface area contributed by atoms with Crippen LogP contribution >= 0.6 is 11.8 Å². The van der Waals surface area contributed by atoms with Gasteiger partial charge in [-0.2, -0.15) is 0 Å². The summed E-state index contributed by atoms with van der Waals surface area (Å²) in [7, 11) is 3.06. The second kappa shape index (κ2) is 13.7. The zero-order valence-electron chi connectivity index (χ0n) is 16.1. The molecule has 0 spiro atoms. The SMILES string of the molecule is CC(=O)NCSC[C@H](NC(=O)[C@H](CO)NC(=O)CN)C(=O)NCC(=O)N(C)C. The molecule has 7 N–H and O–H groups in total. The van der Waals surface area contributed by atoms with Gasteiger partial charge in [0.05, 0.1) is 25.6 Å². The van der Waals surface area contributed by atoms with Crippen molar-refractivity contribution in [3.8, 4) is 0 Å². The highest BCUT2D eigenvalue weighted by Crippen LogP contribution is 2.02. The summed E-state index contributed by atoms with van der Waals surface area (Å²) >= 11 is 1.17. The van der Waals surface area contributed by atoms with Crippen molar-refractivity contribution in [3.63, 3.8) is 0 Å².